The number of para-hydroxylation sites is 2. The van der Waals surface area contributed by atoms with Crippen molar-refractivity contribution in [1.82, 2.24) is 14.0 Å². The van der Waals surface area contributed by atoms with Crippen molar-refractivity contribution in [2.24, 2.45) is 7.05 Å². The molecule has 0 radical (unpaired) electrons. The van der Waals surface area contributed by atoms with Crippen LogP contribution in [0.2, 0.25) is 0 Å². The summed E-state index contributed by atoms with van der Waals surface area (Å²) in [6.07, 6.45) is 0.304. The molecule has 102 valence electrons. The summed E-state index contributed by atoms with van der Waals surface area (Å²) in [4.78, 5) is 2.40. The molecule has 1 aromatic heterocycles. The van der Waals surface area contributed by atoms with Gasteiger partial charge in [0.1, 0.15) is 0 Å². The predicted octanol–water partition coefficient (Wildman–Crippen LogP) is 2.39. The van der Waals surface area contributed by atoms with Gasteiger partial charge in [0, 0.05) is 20.1 Å². The second kappa shape index (κ2) is 5.07. The van der Waals surface area contributed by atoms with Gasteiger partial charge in [-0.05, 0) is 31.3 Å². The number of aromatic nitrogens is 2. The van der Waals surface area contributed by atoms with E-state index < -0.39 is 0 Å². The quantitative estimate of drug-likeness (QED) is 0.787. The summed E-state index contributed by atoms with van der Waals surface area (Å²) in [5.41, 5.74) is 2.39. The first-order chi connectivity index (χ1) is 9.16. The Kier molecular flexibility index (Phi) is 3.43. The number of morpholine rings is 1. The van der Waals surface area contributed by atoms with E-state index in [0.717, 1.165) is 31.1 Å². The van der Waals surface area contributed by atoms with E-state index in [-0.39, 0.29) is 0 Å². The topological polar surface area (TPSA) is 22.3 Å². The molecule has 0 spiro atoms. The molecule has 0 bridgehead atoms. The van der Waals surface area contributed by atoms with Crippen LogP contribution in [0, 0.1) is 4.77 Å². The van der Waals surface area contributed by atoms with Crippen molar-refractivity contribution in [3.05, 3.63) is 29.0 Å². The number of imidazole rings is 1. The van der Waals surface area contributed by atoms with Crippen molar-refractivity contribution in [3.8, 4) is 0 Å². The van der Waals surface area contributed by atoms with E-state index in [1.807, 2.05) is 7.05 Å². The Labute approximate surface area is 118 Å². The molecule has 2 aromatic rings. The first-order valence-electron chi connectivity index (χ1n) is 6.65. The molecule has 1 saturated heterocycles. The molecule has 0 saturated carbocycles. The zero-order valence-corrected chi connectivity index (χ0v) is 12.2. The van der Waals surface area contributed by atoms with E-state index in [1.165, 1.54) is 11.0 Å². The predicted molar refractivity (Wildman–Crippen MR) is 78.7 cm³/mol. The molecular weight excluding hydrogens is 258 g/mol. The summed E-state index contributed by atoms with van der Waals surface area (Å²) in [6, 6.07) is 8.37. The number of hydrogen-bond acceptors (Lipinski definition) is 3. The van der Waals surface area contributed by atoms with Crippen molar-refractivity contribution in [1.29, 1.82) is 0 Å². The van der Waals surface area contributed by atoms with Crippen LogP contribution in [0.25, 0.3) is 11.0 Å². The average Bonchev–Trinajstić information content (AvgIpc) is 2.65. The molecule has 1 fully saturated rings. The highest BCUT2D eigenvalue weighted by Crippen LogP contribution is 2.18. The Morgan fingerprint density at radius 3 is 2.79 bits per heavy atom. The van der Waals surface area contributed by atoms with Crippen molar-refractivity contribution in [2.45, 2.75) is 19.7 Å². The van der Waals surface area contributed by atoms with Gasteiger partial charge >= 0.3 is 0 Å². The largest absolute Gasteiger partial charge is 0.376 e. The van der Waals surface area contributed by atoms with Gasteiger partial charge in [0.2, 0.25) is 0 Å². The first-order valence-corrected chi connectivity index (χ1v) is 7.06. The van der Waals surface area contributed by atoms with Crippen LogP contribution in [0.15, 0.2) is 24.3 Å². The fourth-order valence-electron chi connectivity index (χ4n) is 2.72. The van der Waals surface area contributed by atoms with Crippen molar-refractivity contribution in [2.75, 3.05) is 19.7 Å². The van der Waals surface area contributed by atoms with Gasteiger partial charge in [0.05, 0.1) is 30.4 Å². The molecule has 1 unspecified atom stereocenters. The molecule has 1 atom stereocenters. The van der Waals surface area contributed by atoms with Gasteiger partial charge in [0.15, 0.2) is 4.77 Å². The number of aryl methyl sites for hydroxylation is 1. The summed E-state index contributed by atoms with van der Waals surface area (Å²) in [5, 5.41) is 0. The highest BCUT2D eigenvalue weighted by molar-refractivity contribution is 7.71. The minimum Gasteiger partial charge on any atom is -0.376 e. The molecule has 1 aliphatic heterocycles. The lowest BCUT2D eigenvalue weighted by molar-refractivity contribution is -0.0287. The number of benzene rings is 1. The van der Waals surface area contributed by atoms with Gasteiger partial charge in [-0.15, -0.1) is 0 Å². The number of ether oxygens (including phenoxy) is 1. The maximum atomic E-state index is 5.59. The normalized spacial score (nSPS) is 21.1. The van der Waals surface area contributed by atoms with E-state index in [0.29, 0.717) is 6.10 Å². The van der Waals surface area contributed by atoms with Crippen molar-refractivity contribution < 1.29 is 4.74 Å². The lowest BCUT2D eigenvalue weighted by atomic mass is 10.3. The summed E-state index contributed by atoms with van der Waals surface area (Å²) in [6.45, 7) is 5.70. The van der Waals surface area contributed by atoms with Crippen LogP contribution >= 0.6 is 12.2 Å². The van der Waals surface area contributed by atoms with Crippen LogP contribution in [0.1, 0.15) is 6.92 Å². The minimum absolute atomic E-state index is 0.304. The zero-order valence-electron chi connectivity index (χ0n) is 11.4. The number of nitrogens with zero attached hydrogens (tertiary/aromatic N) is 3. The van der Waals surface area contributed by atoms with Gasteiger partial charge in [-0.2, -0.15) is 0 Å². The number of hydrogen-bond donors (Lipinski definition) is 0. The van der Waals surface area contributed by atoms with Gasteiger partial charge in [0.25, 0.3) is 0 Å². The maximum absolute atomic E-state index is 5.59. The smallest absolute Gasteiger partial charge is 0.181 e. The monoisotopic (exact) mass is 277 g/mol. The molecule has 1 aromatic carbocycles. The van der Waals surface area contributed by atoms with Gasteiger partial charge in [-0.1, -0.05) is 12.1 Å². The van der Waals surface area contributed by atoms with E-state index in [2.05, 4.69) is 45.2 Å². The number of rotatable bonds is 2. The molecular formula is C14H19N3OS. The molecule has 19 heavy (non-hydrogen) atoms. The Bertz CT molecular complexity index is 646. The van der Waals surface area contributed by atoms with Gasteiger partial charge < -0.3 is 13.9 Å². The van der Waals surface area contributed by atoms with Crippen molar-refractivity contribution in [3.63, 3.8) is 0 Å². The summed E-state index contributed by atoms with van der Waals surface area (Å²) in [5.74, 6) is 0. The minimum atomic E-state index is 0.304. The fraction of sp³-hybridized carbons (Fsp3) is 0.500. The molecule has 5 heteroatoms. The Hall–Kier alpha value is -1.17. The SMILES string of the molecule is CC1CN(Cn2c(=S)n(C)c3ccccc32)CCO1. The second-order valence-electron chi connectivity index (χ2n) is 5.16. The molecule has 4 nitrogen and oxygen atoms in total. The highest BCUT2D eigenvalue weighted by atomic mass is 32.1. The lowest BCUT2D eigenvalue weighted by Gasteiger charge is -2.31. The van der Waals surface area contributed by atoms with E-state index >= 15 is 0 Å². The van der Waals surface area contributed by atoms with Gasteiger partial charge in [-0.25, -0.2) is 0 Å². The molecule has 0 aliphatic carbocycles. The summed E-state index contributed by atoms with van der Waals surface area (Å²) in [7, 11) is 2.03. The van der Waals surface area contributed by atoms with E-state index in [1.54, 1.807) is 0 Å². The Morgan fingerprint density at radius 1 is 1.32 bits per heavy atom. The molecule has 0 N–H and O–H groups in total. The maximum Gasteiger partial charge on any atom is 0.181 e. The Balaban J connectivity index is 1.96. The zero-order chi connectivity index (χ0) is 13.4. The lowest BCUT2D eigenvalue weighted by Crippen LogP contribution is -2.41. The fourth-order valence-corrected chi connectivity index (χ4v) is 2.97. The van der Waals surface area contributed by atoms with E-state index in [4.69, 9.17) is 17.0 Å². The van der Waals surface area contributed by atoms with Crippen LogP contribution < -0.4 is 0 Å². The third kappa shape index (κ3) is 2.33. The Morgan fingerprint density at radius 2 is 2.05 bits per heavy atom. The first kappa shape index (κ1) is 12.8. The summed E-state index contributed by atoms with van der Waals surface area (Å²) >= 11 is 5.56. The van der Waals surface area contributed by atoms with E-state index in [9.17, 15) is 0 Å². The van der Waals surface area contributed by atoms with Crippen LogP contribution in [0.3, 0.4) is 0 Å². The number of fused-ring (bicyclic) bond motifs is 1. The average molecular weight is 277 g/mol. The molecule has 0 amide bonds. The standard InChI is InChI=1S/C14H19N3OS/c1-11-9-16(7-8-18-11)10-17-13-6-4-3-5-12(13)15(2)14(17)19/h3-6,11H,7-10H2,1-2H3. The second-order valence-corrected chi connectivity index (χ2v) is 5.52. The molecule has 2 heterocycles. The highest BCUT2D eigenvalue weighted by Gasteiger charge is 2.18. The molecule has 1 aliphatic rings. The van der Waals surface area contributed by atoms with Crippen LogP contribution in [0.5, 0.6) is 0 Å². The molecule has 3 rings (SSSR count). The van der Waals surface area contributed by atoms with Crippen LogP contribution in [0.4, 0.5) is 0 Å². The van der Waals surface area contributed by atoms with Crippen molar-refractivity contribution >= 4 is 23.3 Å². The van der Waals surface area contributed by atoms with Gasteiger partial charge in [-0.3, -0.25) is 4.90 Å². The summed E-state index contributed by atoms with van der Waals surface area (Å²) < 4.78 is 10.8. The third-order valence-corrected chi connectivity index (χ3v) is 4.21. The van der Waals surface area contributed by atoms with Crippen LogP contribution in [-0.4, -0.2) is 39.8 Å². The van der Waals surface area contributed by atoms with Crippen LogP contribution in [-0.2, 0) is 18.5 Å². The third-order valence-electron chi connectivity index (χ3n) is 3.72.